The molecule has 0 bridgehead atoms. The van der Waals surface area contributed by atoms with E-state index in [1.807, 2.05) is 32.0 Å². The molecule has 0 atom stereocenters. The van der Waals surface area contributed by atoms with E-state index < -0.39 is 11.7 Å². The van der Waals surface area contributed by atoms with Crippen LogP contribution < -0.4 is 10.1 Å². The molecule has 22 heavy (non-hydrogen) atoms. The number of aryl methyl sites for hydroxylation is 2. The van der Waals surface area contributed by atoms with Crippen molar-refractivity contribution >= 4 is 5.69 Å². The highest BCUT2D eigenvalue weighted by Crippen LogP contribution is 2.30. The Labute approximate surface area is 127 Å². The number of para-hydroxylation sites is 1. The number of hydrogen-bond acceptors (Lipinski definition) is 2. The summed E-state index contributed by atoms with van der Waals surface area (Å²) in [4.78, 5) is 0. The lowest BCUT2D eigenvalue weighted by molar-refractivity contribution is -0.137. The van der Waals surface area contributed by atoms with Crippen molar-refractivity contribution in [1.82, 2.24) is 0 Å². The van der Waals surface area contributed by atoms with Crippen LogP contribution in [-0.4, -0.2) is 13.2 Å². The zero-order valence-electron chi connectivity index (χ0n) is 12.5. The van der Waals surface area contributed by atoms with E-state index in [0.717, 1.165) is 29.0 Å². The molecule has 1 N–H and O–H groups in total. The van der Waals surface area contributed by atoms with Gasteiger partial charge in [0.15, 0.2) is 0 Å². The number of rotatable bonds is 5. The number of anilines is 1. The molecule has 0 amide bonds. The summed E-state index contributed by atoms with van der Waals surface area (Å²) in [6, 6.07) is 11.0. The van der Waals surface area contributed by atoms with Gasteiger partial charge in [-0.05, 0) is 43.2 Å². The third-order valence-electron chi connectivity index (χ3n) is 3.28. The van der Waals surface area contributed by atoms with Gasteiger partial charge >= 0.3 is 6.18 Å². The van der Waals surface area contributed by atoms with Gasteiger partial charge in [0.2, 0.25) is 0 Å². The molecular formula is C17H18F3NO. The quantitative estimate of drug-likeness (QED) is 0.800. The Kier molecular flexibility index (Phi) is 4.96. The highest BCUT2D eigenvalue weighted by Gasteiger charge is 2.30. The van der Waals surface area contributed by atoms with Crippen molar-refractivity contribution in [2.75, 3.05) is 18.5 Å². The van der Waals surface area contributed by atoms with E-state index in [-0.39, 0.29) is 0 Å². The van der Waals surface area contributed by atoms with E-state index in [2.05, 4.69) is 5.32 Å². The standard InChI is InChI=1S/C17H18F3NO/c1-12-5-3-6-13(2)16(12)22-10-9-21-15-8-4-7-14(11-15)17(18,19)20/h3-8,11,21H,9-10H2,1-2H3. The number of alkyl halides is 3. The molecule has 0 aliphatic rings. The van der Waals surface area contributed by atoms with Gasteiger partial charge < -0.3 is 10.1 Å². The van der Waals surface area contributed by atoms with Crippen molar-refractivity contribution in [3.63, 3.8) is 0 Å². The second-order valence-corrected chi connectivity index (χ2v) is 5.07. The number of ether oxygens (including phenoxy) is 1. The van der Waals surface area contributed by atoms with Crippen LogP contribution in [0.2, 0.25) is 0 Å². The minimum atomic E-state index is -4.33. The highest BCUT2D eigenvalue weighted by molar-refractivity contribution is 5.46. The second-order valence-electron chi connectivity index (χ2n) is 5.07. The van der Waals surface area contributed by atoms with Gasteiger partial charge in [-0.15, -0.1) is 0 Å². The van der Waals surface area contributed by atoms with Crippen molar-refractivity contribution in [3.8, 4) is 5.75 Å². The topological polar surface area (TPSA) is 21.3 Å². The van der Waals surface area contributed by atoms with E-state index in [0.29, 0.717) is 18.8 Å². The SMILES string of the molecule is Cc1cccc(C)c1OCCNc1cccc(C(F)(F)F)c1. The first-order chi connectivity index (χ1) is 10.4. The molecule has 0 heterocycles. The molecule has 2 rings (SSSR count). The average molecular weight is 309 g/mol. The van der Waals surface area contributed by atoms with Gasteiger partial charge in [-0.1, -0.05) is 24.3 Å². The van der Waals surface area contributed by atoms with Gasteiger partial charge in [-0.25, -0.2) is 0 Å². The van der Waals surface area contributed by atoms with Crippen LogP contribution >= 0.6 is 0 Å². The number of halogens is 3. The third kappa shape index (κ3) is 4.16. The summed E-state index contributed by atoms with van der Waals surface area (Å²) in [5, 5.41) is 2.94. The molecule has 0 saturated heterocycles. The van der Waals surface area contributed by atoms with Crippen molar-refractivity contribution in [3.05, 3.63) is 59.2 Å². The largest absolute Gasteiger partial charge is 0.491 e. The lowest BCUT2D eigenvalue weighted by Crippen LogP contribution is -2.13. The summed E-state index contributed by atoms with van der Waals surface area (Å²) < 4.78 is 43.5. The molecule has 0 aliphatic carbocycles. The van der Waals surface area contributed by atoms with Crippen molar-refractivity contribution in [1.29, 1.82) is 0 Å². The van der Waals surface area contributed by atoms with Crippen LogP contribution in [0.15, 0.2) is 42.5 Å². The molecule has 0 aliphatic heterocycles. The maximum atomic E-state index is 12.6. The van der Waals surface area contributed by atoms with Crippen LogP contribution in [0.1, 0.15) is 16.7 Å². The fraction of sp³-hybridized carbons (Fsp3) is 0.294. The van der Waals surface area contributed by atoms with Gasteiger partial charge in [0.05, 0.1) is 5.56 Å². The zero-order chi connectivity index (χ0) is 16.2. The summed E-state index contributed by atoms with van der Waals surface area (Å²) in [6.07, 6.45) is -4.33. The first kappa shape index (κ1) is 16.2. The molecule has 2 aromatic rings. The van der Waals surface area contributed by atoms with E-state index >= 15 is 0 Å². The zero-order valence-corrected chi connectivity index (χ0v) is 12.5. The Morgan fingerprint density at radius 2 is 1.64 bits per heavy atom. The van der Waals surface area contributed by atoms with Gasteiger partial charge in [-0.3, -0.25) is 0 Å². The predicted molar refractivity (Wildman–Crippen MR) is 81.3 cm³/mol. The van der Waals surface area contributed by atoms with E-state index in [1.165, 1.54) is 6.07 Å². The highest BCUT2D eigenvalue weighted by atomic mass is 19.4. The van der Waals surface area contributed by atoms with Crippen LogP contribution in [-0.2, 0) is 6.18 Å². The molecule has 0 spiro atoms. The lowest BCUT2D eigenvalue weighted by Gasteiger charge is -2.13. The minimum absolute atomic E-state index is 0.377. The Morgan fingerprint density at radius 1 is 1.00 bits per heavy atom. The van der Waals surface area contributed by atoms with Crippen molar-refractivity contribution < 1.29 is 17.9 Å². The molecule has 0 saturated carbocycles. The molecule has 5 heteroatoms. The van der Waals surface area contributed by atoms with Crippen LogP contribution in [0.4, 0.5) is 18.9 Å². The second kappa shape index (κ2) is 6.73. The van der Waals surface area contributed by atoms with Gasteiger partial charge in [0, 0.05) is 12.2 Å². The fourth-order valence-electron chi connectivity index (χ4n) is 2.18. The lowest BCUT2D eigenvalue weighted by atomic mass is 10.1. The van der Waals surface area contributed by atoms with Crippen LogP contribution in [0.3, 0.4) is 0 Å². The van der Waals surface area contributed by atoms with Gasteiger partial charge in [-0.2, -0.15) is 13.2 Å². The van der Waals surface area contributed by atoms with Crippen molar-refractivity contribution in [2.45, 2.75) is 20.0 Å². The summed E-state index contributed by atoms with van der Waals surface area (Å²) in [6.45, 7) is 4.72. The summed E-state index contributed by atoms with van der Waals surface area (Å²) in [7, 11) is 0. The van der Waals surface area contributed by atoms with Crippen molar-refractivity contribution in [2.24, 2.45) is 0 Å². The summed E-state index contributed by atoms with van der Waals surface area (Å²) in [5.41, 5.74) is 1.85. The fourth-order valence-corrected chi connectivity index (χ4v) is 2.18. The van der Waals surface area contributed by atoms with E-state index in [1.54, 1.807) is 6.07 Å². The van der Waals surface area contributed by atoms with Crippen LogP contribution in [0, 0.1) is 13.8 Å². The maximum Gasteiger partial charge on any atom is 0.416 e. The average Bonchev–Trinajstić information content (AvgIpc) is 2.45. The molecule has 0 aromatic heterocycles. The molecule has 0 fully saturated rings. The number of nitrogens with one attached hydrogen (secondary N) is 1. The first-order valence-electron chi connectivity index (χ1n) is 6.98. The maximum absolute atomic E-state index is 12.6. The molecule has 2 aromatic carbocycles. The molecule has 0 unspecified atom stereocenters. The molecule has 118 valence electrons. The van der Waals surface area contributed by atoms with E-state index in [9.17, 15) is 13.2 Å². The molecular weight excluding hydrogens is 291 g/mol. The Bertz CT molecular complexity index is 618. The summed E-state index contributed by atoms with van der Waals surface area (Å²) in [5.74, 6) is 0.827. The first-order valence-corrected chi connectivity index (χ1v) is 6.98. The van der Waals surface area contributed by atoms with Gasteiger partial charge in [0.1, 0.15) is 12.4 Å². The summed E-state index contributed by atoms with van der Waals surface area (Å²) >= 11 is 0. The molecule has 0 radical (unpaired) electrons. The van der Waals surface area contributed by atoms with Gasteiger partial charge in [0.25, 0.3) is 0 Å². The minimum Gasteiger partial charge on any atom is -0.491 e. The normalized spacial score (nSPS) is 11.3. The number of hydrogen-bond donors (Lipinski definition) is 1. The third-order valence-corrected chi connectivity index (χ3v) is 3.28. The van der Waals surface area contributed by atoms with Crippen LogP contribution in [0.5, 0.6) is 5.75 Å². The van der Waals surface area contributed by atoms with E-state index in [4.69, 9.17) is 4.74 Å². The Morgan fingerprint density at radius 3 is 2.27 bits per heavy atom. The smallest absolute Gasteiger partial charge is 0.416 e. The monoisotopic (exact) mass is 309 g/mol. The van der Waals surface area contributed by atoms with Crippen LogP contribution in [0.25, 0.3) is 0 Å². The number of benzene rings is 2. The Hall–Kier alpha value is -2.17. The molecule has 2 nitrogen and oxygen atoms in total. The Balaban J connectivity index is 1.89. The predicted octanol–water partition coefficient (Wildman–Crippen LogP) is 4.81.